The maximum Gasteiger partial charge on any atom is 0.178 e. The van der Waals surface area contributed by atoms with Crippen LogP contribution in [0.25, 0.3) is 5.65 Å². The predicted molar refractivity (Wildman–Crippen MR) is 86.7 cm³/mol. The molecule has 4 rings (SSSR count). The summed E-state index contributed by atoms with van der Waals surface area (Å²) in [6, 6.07) is 4.35. The maximum absolute atomic E-state index is 4.61. The number of anilines is 2. The first kappa shape index (κ1) is 13.9. The van der Waals surface area contributed by atoms with Crippen LogP contribution in [0.3, 0.4) is 0 Å². The summed E-state index contributed by atoms with van der Waals surface area (Å²) in [5.41, 5.74) is 1.70. The summed E-state index contributed by atoms with van der Waals surface area (Å²) in [5.74, 6) is 2.64. The first-order chi connectivity index (χ1) is 11.1. The van der Waals surface area contributed by atoms with E-state index in [-0.39, 0.29) is 0 Å². The summed E-state index contributed by atoms with van der Waals surface area (Å²) in [6.45, 7) is 5.66. The first-order valence-electron chi connectivity index (χ1n) is 7.57. The molecule has 0 aliphatic carbocycles. The topological polar surface area (TPSA) is 75.3 Å². The average molecular weight is 310 g/mol. The molecule has 0 amide bonds. The monoisotopic (exact) mass is 310 g/mol. The van der Waals surface area contributed by atoms with E-state index in [1.165, 1.54) is 0 Å². The van der Waals surface area contributed by atoms with E-state index in [0.717, 1.165) is 41.9 Å². The van der Waals surface area contributed by atoms with Crippen LogP contribution < -0.4 is 9.80 Å². The predicted octanol–water partition coefficient (Wildman–Crippen LogP) is 0.856. The van der Waals surface area contributed by atoms with Crippen LogP contribution in [0.15, 0.2) is 24.5 Å². The van der Waals surface area contributed by atoms with Gasteiger partial charge in [0.2, 0.25) is 0 Å². The molecule has 0 unspecified atom stereocenters. The van der Waals surface area contributed by atoms with Crippen molar-refractivity contribution in [1.82, 2.24) is 29.8 Å². The Labute approximate surface area is 133 Å². The van der Waals surface area contributed by atoms with E-state index >= 15 is 0 Å². The van der Waals surface area contributed by atoms with Crippen molar-refractivity contribution < 1.29 is 0 Å². The van der Waals surface area contributed by atoms with Gasteiger partial charge >= 0.3 is 0 Å². The molecule has 1 aliphatic rings. The van der Waals surface area contributed by atoms with E-state index in [0.29, 0.717) is 6.04 Å². The second-order valence-electron chi connectivity index (χ2n) is 5.89. The van der Waals surface area contributed by atoms with Crippen LogP contribution in [0.2, 0.25) is 0 Å². The minimum atomic E-state index is 0.409. The molecule has 0 radical (unpaired) electrons. The van der Waals surface area contributed by atoms with Gasteiger partial charge in [0.25, 0.3) is 0 Å². The van der Waals surface area contributed by atoms with Gasteiger partial charge in [-0.25, -0.2) is 4.98 Å². The molecule has 8 heteroatoms. The molecular formula is C15H18N8. The van der Waals surface area contributed by atoms with E-state index < -0.39 is 0 Å². The van der Waals surface area contributed by atoms with Crippen molar-refractivity contribution in [3.05, 3.63) is 36.0 Å². The van der Waals surface area contributed by atoms with Crippen LogP contribution in [-0.4, -0.2) is 56.0 Å². The van der Waals surface area contributed by atoms with Crippen LogP contribution in [-0.2, 0) is 0 Å². The van der Waals surface area contributed by atoms with Crippen molar-refractivity contribution in [2.24, 2.45) is 0 Å². The summed E-state index contributed by atoms with van der Waals surface area (Å²) in [6.07, 6.45) is 3.62. The van der Waals surface area contributed by atoms with Gasteiger partial charge in [0, 0.05) is 20.1 Å². The highest BCUT2D eigenvalue weighted by atomic mass is 15.4. The van der Waals surface area contributed by atoms with Crippen molar-refractivity contribution in [1.29, 1.82) is 0 Å². The third kappa shape index (κ3) is 2.36. The zero-order chi connectivity index (χ0) is 16.0. The van der Waals surface area contributed by atoms with Gasteiger partial charge in [0.15, 0.2) is 11.5 Å². The number of aryl methyl sites for hydroxylation is 2. The number of hydrogen-bond donors (Lipinski definition) is 0. The minimum absolute atomic E-state index is 0.409. The SMILES string of the molecule is Cc1cnc(N(C)C2CN(c3ccc4nnc(C)n4n3)C2)cn1. The lowest BCUT2D eigenvalue weighted by Gasteiger charge is -2.44. The maximum atomic E-state index is 4.61. The Morgan fingerprint density at radius 2 is 1.91 bits per heavy atom. The smallest absolute Gasteiger partial charge is 0.178 e. The fraction of sp³-hybridized carbons (Fsp3) is 0.400. The van der Waals surface area contributed by atoms with Gasteiger partial charge in [-0.1, -0.05) is 0 Å². The third-order valence-electron chi connectivity index (χ3n) is 4.27. The molecule has 0 aromatic carbocycles. The molecular weight excluding hydrogens is 292 g/mol. The van der Waals surface area contributed by atoms with Crippen LogP contribution >= 0.6 is 0 Å². The van der Waals surface area contributed by atoms with Crippen molar-refractivity contribution in [3.63, 3.8) is 0 Å². The summed E-state index contributed by atoms with van der Waals surface area (Å²) < 4.78 is 1.78. The van der Waals surface area contributed by atoms with E-state index in [1.807, 2.05) is 32.2 Å². The van der Waals surface area contributed by atoms with Crippen molar-refractivity contribution in [2.45, 2.75) is 19.9 Å². The zero-order valence-corrected chi connectivity index (χ0v) is 13.4. The highest BCUT2D eigenvalue weighted by Crippen LogP contribution is 2.23. The molecule has 3 aromatic heterocycles. The van der Waals surface area contributed by atoms with Crippen LogP contribution in [0.5, 0.6) is 0 Å². The molecule has 1 saturated heterocycles. The molecule has 0 spiro atoms. The number of hydrogen-bond acceptors (Lipinski definition) is 7. The van der Waals surface area contributed by atoms with Gasteiger partial charge in [0.1, 0.15) is 11.6 Å². The normalized spacial score (nSPS) is 15.0. The lowest BCUT2D eigenvalue weighted by molar-refractivity contribution is 0.486. The Morgan fingerprint density at radius 1 is 1.09 bits per heavy atom. The van der Waals surface area contributed by atoms with Gasteiger partial charge in [-0.15, -0.1) is 15.3 Å². The number of likely N-dealkylation sites (N-methyl/N-ethyl adjacent to an activating group) is 1. The number of rotatable bonds is 3. The fourth-order valence-electron chi connectivity index (χ4n) is 2.70. The molecule has 1 fully saturated rings. The molecule has 4 heterocycles. The van der Waals surface area contributed by atoms with Gasteiger partial charge in [-0.3, -0.25) is 4.98 Å². The molecule has 8 nitrogen and oxygen atoms in total. The molecule has 0 bridgehead atoms. The lowest BCUT2D eigenvalue weighted by atomic mass is 10.1. The summed E-state index contributed by atoms with van der Waals surface area (Å²) in [7, 11) is 2.06. The van der Waals surface area contributed by atoms with Crippen LogP contribution in [0.1, 0.15) is 11.5 Å². The summed E-state index contributed by atoms with van der Waals surface area (Å²) in [4.78, 5) is 13.2. The number of fused-ring (bicyclic) bond motifs is 1. The average Bonchev–Trinajstić information content (AvgIpc) is 2.88. The minimum Gasteiger partial charge on any atom is -0.352 e. The van der Waals surface area contributed by atoms with Crippen molar-refractivity contribution in [2.75, 3.05) is 29.9 Å². The van der Waals surface area contributed by atoms with Gasteiger partial charge in [-0.2, -0.15) is 4.52 Å². The number of aromatic nitrogens is 6. The quantitative estimate of drug-likeness (QED) is 0.710. The largest absolute Gasteiger partial charge is 0.352 e. The first-order valence-corrected chi connectivity index (χ1v) is 7.57. The molecule has 118 valence electrons. The Hall–Kier alpha value is -2.77. The Morgan fingerprint density at radius 3 is 2.65 bits per heavy atom. The van der Waals surface area contributed by atoms with Crippen molar-refractivity contribution >= 4 is 17.3 Å². The lowest BCUT2D eigenvalue weighted by Crippen LogP contribution is -2.59. The molecule has 0 saturated carbocycles. The second kappa shape index (κ2) is 5.15. The summed E-state index contributed by atoms with van der Waals surface area (Å²) in [5, 5.41) is 12.7. The Bertz CT molecular complexity index is 834. The van der Waals surface area contributed by atoms with E-state index in [1.54, 1.807) is 10.7 Å². The zero-order valence-electron chi connectivity index (χ0n) is 13.4. The summed E-state index contributed by atoms with van der Waals surface area (Å²) >= 11 is 0. The molecule has 3 aromatic rings. The molecule has 0 N–H and O–H groups in total. The number of nitrogens with zero attached hydrogens (tertiary/aromatic N) is 8. The van der Waals surface area contributed by atoms with Crippen LogP contribution in [0.4, 0.5) is 11.6 Å². The third-order valence-corrected chi connectivity index (χ3v) is 4.27. The molecule has 0 atom stereocenters. The molecule has 1 aliphatic heterocycles. The van der Waals surface area contributed by atoms with Crippen molar-refractivity contribution in [3.8, 4) is 0 Å². The highest BCUT2D eigenvalue weighted by molar-refractivity contribution is 5.50. The molecule has 23 heavy (non-hydrogen) atoms. The standard InChI is InChI=1S/C15H18N8/c1-10-6-17-15(7-16-10)21(3)12-8-22(9-12)14-5-4-13-19-18-11(2)23(13)20-14/h4-7,12H,8-9H2,1-3H3. The van der Waals surface area contributed by atoms with Gasteiger partial charge < -0.3 is 9.80 Å². The van der Waals surface area contributed by atoms with E-state index in [4.69, 9.17) is 0 Å². The van der Waals surface area contributed by atoms with Gasteiger partial charge in [0.05, 0.1) is 24.1 Å². The Kier molecular flexibility index (Phi) is 3.10. The van der Waals surface area contributed by atoms with E-state index in [9.17, 15) is 0 Å². The Balaban J connectivity index is 1.47. The fourth-order valence-corrected chi connectivity index (χ4v) is 2.70. The highest BCUT2D eigenvalue weighted by Gasteiger charge is 2.32. The van der Waals surface area contributed by atoms with Gasteiger partial charge in [-0.05, 0) is 26.0 Å². The second-order valence-corrected chi connectivity index (χ2v) is 5.89. The van der Waals surface area contributed by atoms with E-state index in [2.05, 4.69) is 42.1 Å². The van der Waals surface area contributed by atoms with Crippen LogP contribution in [0, 0.1) is 13.8 Å².